The smallest absolute Gasteiger partial charge is 0.227 e. The summed E-state index contributed by atoms with van der Waals surface area (Å²) in [5, 5.41) is 3.19. The van der Waals surface area contributed by atoms with E-state index in [1.165, 1.54) is 5.56 Å². The normalized spacial score (nSPS) is 10.2. The second-order valence-electron chi connectivity index (χ2n) is 3.97. The molecule has 0 unspecified atom stereocenters. The Hall–Kier alpha value is -1.90. The summed E-state index contributed by atoms with van der Waals surface area (Å²) < 4.78 is 0. The van der Waals surface area contributed by atoms with Crippen molar-refractivity contribution >= 4 is 11.6 Å². The zero-order valence-corrected chi connectivity index (χ0v) is 9.78. The van der Waals surface area contributed by atoms with E-state index in [-0.39, 0.29) is 0 Å². The Morgan fingerprint density at radius 2 is 1.44 bits per heavy atom. The third-order valence-electron chi connectivity index (χ3n) is 2.29. The number of rotatable bonds is 2. The average Bonchev–Trinajstić information content (AvgIpc) is 2.20. The molecule has 2 aromatic rings. The summed E-state index contributed by atoms with van der Waals surface area (Å²) in [7, 11) is 0. The van der Waals surface area contributed by atoms with E-state index >= 15 is 0 Å². The predicted octanol–water partition coefficient (Wildman–Crippen LogP) is 3.15. The van der Waals surface area contributed by atoms with Crippen LogP contribution in [0.25, 0.3) is 0 Å². The van der Waals surface area contributed by atoms with Crippen LogP contribution in [0.4, 0.5) is 11.6 Å². The number of nitrogens with one attached hydrogen (secondary N) is 1. The van der Waals surface area contributed by atoms with E-state index in [2.05, 4.69) is 34.3 Å². The second-order valence-corrected chi connectivity index (χ2v) is 3.97. The highest BCUT2D eigenvalue weighted by atomic mass is 15.1. The van der Waals surface area contributed by atoms with Gasteiger partial charge in [-0.1, -0.05) is 17.7 Å². The van der Waals surface area contributed by atoms with E-state index in [0.29, 0.717) is 5.95 Å². The first-order valence-corrected chi connectivity index (χ1v) is 5.29. The molecule has 1 heterocycles. The van der Waals surface area contributed by atoms with Gasteiger partial charge in [-0.15, -0.1) is 0 Å². The fraction of sp³-hybridized carbons (Fsp3) is 0.231. The molecule has 16 heavy (non-hydrogen) atoms. The molecule has 0 aliphatic rings. The zero-order chi connectivity index (χ0) is 11.5. The first-order chi connectivity index (χ1) is 7.63. The fourth-order valence-corrected chi connectivity index (χ4v) is 1.55. The first kappa shape index (κ1) is 10.6. The van der Waals surface area contributed by atoms with E-state index in [9.17, 15) is 0 Å². The zero-order valence-electron chi connectivity index (χ0n) is 9.78. The number of aromatic nitrogens is 2. The highest BCUT2D eigenvalue weighted by molar-refractivity contribution is 5.53. The molecule has 0 saturated heterocycles. The van der Waals surface area contributed by atoms with Crippen LogP contribution in [-0.2, 0) is 0 Å². The van der Waals surface area contributed by atoms with Crippen molar-refractivity contribution in [3.8, 4) is 0 Å². The maximum atomic E-state index is 4.33. The molecular weight excluding hydrogens is 198 g/mol. The van der Waals surface area contributed by atoms with E-state index in [0.717, 1.165) is 17.1 Å². The summed E-state index contributed by atoms with van der Waals surface area (Å²) >= 11 is 0. The predicted molar refractivity (Wildman–Crippen MR) is 66.0 cm³/mol. The van der Waals surface area contributed by atoms with Crippen LogP contribution in [0.5, 0.6) is 0 Å². The molecular formula is C13H15N3. The van der Waals surface area contributed by atoms with Crippen molar-refractivity contribution < 1.29 is 0 Å². The summed E-state index contributed by atoms with van der Waals surface area (Å²) in [4.78, 5) is 8.66. The second kappa shape index (κ2) is 4.31. The van der Waals surface area contributed by atoms with Gasteiger partial charge in [0, 0.05) is 17.1 Å². The Morgan fingerprint density at radius 1 is 0.875 bits per heavy atom. The SMILES string of the molecule is Cc1ccc(Nc2nc(C)cc(C)n2)cc1. The number of hydrogen-bond acceptors (Lipinski definition) is 3. The van der Waals surface area contributed by atoms with Crippen molar-refractivity contribution in [3.05, 3.63) is 47.3 Å². The third-order valence-corrected chi connectivity index (χ3v) is 2.29. The van der Waals surface area contributed by atoms with Crippen LogP contribution in [0.3, 0.4) is 0 Å². The van der Waals surface area contributed by atoms with Gasteiger partial charge in [-0.3, -0.25) is 0 Å². The van der Waals surface area contributed by atoms with Gasteiger partial charge in [0.2, 0.25) is 5.95 Å². The summed E-state index contributed by atoms with van der Waals surface area (Å²) in [5.74, 6) is 0.654. The molecule has 0 atom stereocenters. The van der Waals surface area contributed by atoms with Gasteiger partial charge in [-0.2, -0.15) is 0 Å². The number of hydrogen-bond donors (Lipinski definition) is 1. The molecule has 0 aliphatic heterocycles. The molecule has 3 heteroatoms. The van der Waals surface area contributed by atoms with Gasteiger partial charge < -0.3 is 5.32 Å². The van der Waals surface area contributed by atoms with Crippen LogP contribution in [0.2, 0.25) is 0 Å². The topological polar surface area (TPSA) is 37.8 Å². The Kier molecular flexibility index (Phi) is 2.86. The quantitative estimate of drug-likeness (QED) is 0.832. The van der Waals surface area contributed by atoms with Crippen molar-refractivity contribution in [2.24, 2.45) is 0 Å². The molecule has 82 valence electrons. The van der Waals surface area contributed by atoms with Gasteiger partial charge in [0.15, 0.2) is 0 Å². The van der Waals surface area contributed by atoms with Gasteiger partial charge in [0.05, 0.1) is 0 Å². The number of benzene rings is 1. The summed E-state index contributed by atoms with van der Waals surface area (Å²) in [6.07, 6.45) is 0. The molecule has 1 aromatic carbocycles. The lowest BCUT2D eigenvalue weighted by Gasteiger charge is -2.06. The molecule has 1 N–H and O–H groups in total. The van der Waals surface area contributed by atoms with E-state index in [1.807, 2.05) is 32.0 Å². The van der Waals surface area contributed by atoms with Crippen molar-refractivity contribution in [1.82, 2.24) is 9.97 Å². The van der Waals surface area contributed by atoms with Crippen LogP contribution in [0.15, 0.2) is 30.3 Å². The molecule has 0 amide bonds. The highest BCUT2D eigenvalue weighted by Crippen LogP contribution is 2.14. The molecule has 0 aliphatic carbocycles. The Morgan fingerprint density at radius 3 is 2.00 bits per heavy atom. The minimum Gasteiger partial charge on any atom is -0.324 e. The van der Waals surface area contributed by atoms with Crippen molar-refractivity contribution in [1.29, 1.82) is 0 Å². The molecule has 2 rings (SSSR count). The molecule has 0 bridgehead atoms. The first-order valence-electron chi connectivity index (χ1n) is 5.29. The molecule has 1 aromatic heterocycles. The van der Waals surface area contributed by atoms with Crippen molar-refractivity contribution in [2.75, 3.05) is 5.32 Å². The van der Waals surface area contributed by atoms with Crippen molar-refractivity contribution in [2.45, 2.75) is 20.8 Å². The largest absolute Gasteiger partial charge is 0.324 e. The van der Waals surface area contributed by atoms with Crippen LogP contribution in [-0.4, -0.2) is 9.97 Å². The van der Waals surface area contributed by atoms with E-state index < -0.39 is 0 Å². The van der Waals surface area contributed by atoms with Crippen molar-refractivity contribution in [3.63, 3.8) is 0 Å². The fourth-order valence-electron chi connectivity index (χ4n) is 1.55. The van der Waals surface area contributed by atoms with Gasteiger partial charge >= 0.3 is 0 Å². The average molecular weight is 213 g/mol. The lowest BCUT2D eigenvalue weighted by molar-refractivity contribution is 1.06. The lowest BCUT2D eigenvalue weighted by atomic mass is 10.2. The number of anilines is 2. The van der Waals surface area contributed by atoms with Gasteiger partial charge in [-0.05, 0) is 39.0 Å². The van der Waals surface area contributed by atoms with Crippen LogP contribution in [0, 0.1) is 20.8 Å². The number of aryl methyl sites for hydroxylation is 3. The number of nitrogens with zero attached hydrogens (tertiary/aromatic N) is 2. The van der Waals surface area contributed by atoms with E-state index in [4.69, 9.17) is 0 Å². The van der Waals surface area contributed by atoms with Crippen LogP contribution in [0.1, 0.15) is 17.0 Å². The molecule has 0 fully saturated rings. The maximum absolute atomic E-state index is 4.33. The third kappa shape index (κ3) is 2.57. The molecule has 0 saturated carbocycles. The highest BCUT2D eigenvalue weighted by Gasteiger charge is 1.99. The van der Waals surface area contributed by atoms with Gasteiger partial charge in [0.25, 0.3) is 0 Å². The van der Waals surface area contributed by atoms with Crippen LogP contribution >= 0.6 is 0 Å². The maximum Gasteiger partial charge on any atom is 0.227 e. The Labute approximate surface area is 95.6 Å². The Bertz CT molecular complexity index is 469. The van der Waals surface area contributed by atoms with Gasteiger partial charge in [-0.25, -0.2) is 9.97 Å². The van der Waals surface area contributed by atoms with Gasteiger partial charge in [0.1, 0.15) is 0 Å². The minimum absolute atomic E-state index is 0.654. The summed E-state index contributed by atoms with van der Waals surface area (Å²) in [5.41, 5.74) is 4.20. The van der Waals surface area contributed by atoms with Crippen LogP contribution < -0.4 is 5.32 Å². The lowest BCUT2D eigenvalue weighted by Crippen LogP contribution is -1.99. The molecule has 0 radical (unpaired) electrons. The summed E-state index contributed by atoms with van der Waals surface area (Å²) in [6, 6.07) is 10.1. The van der Waals surface area contributed by atoms with E-state index in [1.54, 1.807) is 0 Å². The molecule has 0 spiro atoms. The standard InChI is InChI=1S/C13H15N3/c1-9-4-6-12(7-5-9)16-13-14-10(2)8-11(3)15-13/h4-8H,1-3H3,(H,14,15,16). The monoisotopic (exact) mass is 213 g/mol. The summed E-state index contributed by atoms with van der Waals surface area (Å²) in [6.45, 7) is 6.00. The Balaban J connectivity index is 2.23. The minimum atomic E-state index is 0.654. The molecule has 3 nitrogen and oxygen atoms in total.